The Morgan fingerprint density at radius 2 is 2.00 bits per heavy atom. The predicted octanol–water partition coefficient (Wildman–Crippen LogP) is 1.70. The van der Waals surface area contributed by atoms with Gasteiger partial charge >= 0.3 is 0 Å². The van der Waals surface area contributed by atoms with Crippen molar-refractivity contribution in [3.05, 3.63) is 0 Å². The third-order valence-electron chi connectivity index (χ3n) is 4.26. The summed E-state index contributed by atoms with van der Waals surface area (Å²) in [5, 5.41) is 12.1. The monoisotopic (exact) mass is 225 g/mol. The molecule has 0 aromatic carbocycles. The first-order valence-electron chi connectivity index (χ1n) is 6.65. The maximum atomic E-state index is 11.8. The fraction of sp³-hybridized carbons (Fsp3) is 0.923. The van der Waals surface area contributed by atoms with Crippen LogP contribution in [0.2, 0.25) is 0 Å². The number of aliphatic hydroxyl groups is 1. The summed E-state index contributed by atoms with van der Waals surface area (Å²) in [4.78, 5) is 11.8. The topological polar surface area (TPSA) is 49.3 Å². The van der Waals surface area contributed by atoms with Crippen molar-refractivity contribution in [2.24, 2.45) is 17.8 Å². The van der Waals surface area contributed by atoms with E-state index < -0.39 is 0 Å². The lowest BCUT2D eigenvalue weighted by atomic mass is 9.84. The van der Waals surface area contributed by atoms with E-state index in [2.05, 4.69) is 12.2 Å². The van der Waals surface area contributed by atoms with Gasteiger partial charge in [0.05, 0.1) is 0 Å². The smallest absolute Gasteiger partial charge is 0.223 e. The molecule has 2 aliphatic carbocycles. The normalized spacial score (nSPS) is 38.1. The van der Waals surface area contributed by atoms with Gasteiger partial charge in [0.15, 0.2) is 0 Å². The van der Waals surface area contributed by atoms with Crippen molar-refractivity contribution in [1.29, 1.82) is 0 Å². The molecule has 2 aliphatic rings. The van der Waals surface area contributed by atoms with Crippen molar-refractivity contribution in [1.82, 2.24) is 5.32 Å². The van der Waals surface area contributed by atoms with E-state index >= 15 is 0 Å². The highest BCUT2D eigenvalue weighted by Crippen LogP contribution is 2.38. The summed E-state index contributed by atoms with van der Waals surface area (Å²) >= 11 is 0. The summed E-state index contributed by atoms with van der Waals surface area (Å²) in [5.74, 6) is 1.40. The Morgan fingerprint density at radius 3 is 2.50 bits per heavy atom. The molecule has 2 N–H and O–H groups in total. The number of rotatable bonds is 4. The summed E-state index contributed by atoms with van der Waals surface area (Å²) < 4.78 is 0. The van der Waals surface area contributed by atoms with E-state index in [1.165, 1.54) is 19.3 Å². The van der Waals surface area contributed by atoms with Crippen LogP contribution in [-0.2, 0) is 4.79 Å². The molecule has 2 unspecified atom stereocenters. The third kappa shape index (κ3) is 2.76. The highest BCUT2D eigenvalue weighted by Gasteiger charge is 2.42. The molecule has 2 fully saturated rings. The van der Waals surface area contributed by atoms with Crippen molar-refractivity contribution < 1.29 is 9.90 Å². The quantitative estimate of drug-likeness (QED) is 0.765. The van der Waals surface area contributed by atoms with Crippen LogP contribution in [-0.4, -0.2) is 23.7 Å². The summed E-state index contributed by atoms with van der Waals surface area (Å²) in [6.07, 6.45) is 6.95. The van der Waals surface area contributed by atoms with Crippen LogP contribution in [0.4, 0.5) is 0 Å². The molecule has 16 heavy (non-hydrogen) atoms. The Labute approximate surface area is 97.6 Å². The van der Waals surface area contributed by atoms with E-state index in [0.29, 0.717) is 6.04 Å². The minimum atomic E-state index is 0.105. The fourth-order valence-electron chi connectivity index (χ4n) is 2.79. The van der Waals surface area contributed by atoms with E-state index in [9.17, 15) is 4.79 Å². The van der Waals surface area contributed by atoms with Gasteiger partial charge in [-0.15, -0.1) is 0 Å². The summed E-state index contributed by atoms with van der Waals surface area (Å²) in [6, 6.07) is 0.398. The number of hydrogen-bond acceptors (Lipinski definition) is 2. The van der Waals surface area contributed by atoms with Crippen LogP contribution in [0.25, 0.3) is 0 Å². The molecule has 0 aliphatic heterocycles. The van der Waals surface area contributed by atoms with Gasteiger partial charge in [0.1, 0.15) is 0 Å². The number of nitrogens with one attached hydrogen (secondary N) is 1. The average Bonchev–Trinajstić information content (AvgIpc) is 3.09. The van der Waals surface area contributed by atoms with Crippen LogP contribution in [0.3, 0.4) is 0 Å². The lowest BCUT2D eigenvalue weighted by molar-refractivity contribution is -0.123. The summed E-state index contributed by atoms with van der Waals surface area (Å²) in [7, 11) is 0. The van der Waals surface area contributed by atoms with Crippen molar-refractivity contribution >= 4 is 5.91 Å². The van der Waals surface area contributed by atoms with E-state index in [1.54, 1.807) is 0 Å². The molecule has 2 saturated carbocycles. The number of carbonyl (C=O) groups excluding carboxylic acids is 1. The average molecular weight is 225 g/mol. The zero-order valence-corrected chi connectivity index (χ0v) is 10.1. The predicted molar refractivity (Wildman–Crippen MR) is 62.9 cm³/mol. The second-order valence-electron chi connectivity index (χ2n) is 5.42. The number of hydrogen-bond donors (Lipinski definition) is 2. The second-order valence-corrected chi connectivity index (χ2v) is 5.42. The van der Waals surface area contributed by atoms with E-state index in [-0.39, 0.29) is 24.3 Å². The van der Waals surface area contributed by atoms with Crippen LogP contribution in [0.5, 0.6) is 0 Å². The zero-order valence-electron chi connectivity index (χ0n) is 10.1. The molecule has 3 nitrogen and oxygen atoms in total. The maximum Gasteiger partial charge on any atom is 0.223 e. The fourth-order valence-corrected chi connectivity index (χ4v) is 2.79. The maximum absolute atomic E-state index is 11.8. The highest BCUT2D eigenvalue weighted by atomic mass is 16.3. The molecule has 0 heterocycles. The van der Waals surface area contributed by atoms with Crippen molar-refractivity contribution in [2.45, 2.75) is 51.5 Å². The molecule has 1 amide bonds. The van der Waals surface area contributed by atoms with Crippen molar-refractivity contribution in [3.63, 3.8) is 0 Å². The van der Waals surface area contributed by atoms with Crippen LogP contribution < -0.4 is 5.32 Å². The molecule has 2 atom stereocenters. The molecule has 0 radical (unpaired) electrons. The van der Waals surface area contributed by atoms with Gasteiger partial charge in [-0.3, -0.25) is 4.79 Å². The first-order valence-corrected chi connectivity index (χ1v) is 6.65. The number of carbonyl (C=O) groups is 1. The summed E-state index contributed by atoms with van der Waals surface area (Å²) in [5.41, 5.74) is 0. The van der Waals surface area contributed by atoms with E-state index in [0.717, 1.165) is 25.2 Å². The Balaban J connectivity index is 1.69. The molecule has 0 bridgehead atoms. The Hall–Kier alpha value is -0.570. The van der Waals surface area contributed by atoms with Crippen molar-refractivity contribution in [2.75, 3.05) is 6.61 Å². The molecule has 2 rings (SSSR count). The van der Waals surface area contributed by atoms with Crippen LogP contribution >= 0.6 is 0 Å². The first kappa shape index (κ1) is 11.9. The molecule has 92 valence electrons. The van der Waals surface area contributed by atoms with Gasteiger partial charge < -0.3 is 10.4 Å². The SMILES string of the molecule is CCC1CCC(NC(=O)C2CC2CO)CC1. The number of aliphatic hydroxyl groups excluding tert-OH is 1. The van der Waals surface area contributed by atoms with Gasteiger partial charge in [0.25, 0.3) is 0 Å². The molecular weight excluding hydrogens is 202 g/mol. The first-order chi connectivity index (χ1) is 7.74. The molecular formula is C13H23NO2. The van der Waals surface area contributed by atoms with Gasteiger partial charge in [0.2, 0.25) is 5.91 Å². The van der Waals surface area contributed by atoms with E-state index in [1.807, 2.05) is 0 Å². The Kier molecular flexibility index (Phi) is 3.85. The number of amides is 1. The third-order valence-corrected chi connectivity index (χ3v) is 4.26. The second kappa shape index (κ2) is 5.17. The molecule has 0 spiro atoms. The molecule has 0 aromatic rings. The van der Waals surface area contributed by atoms with Crippen LogP contribution in [0.15, 0.2) is 0 Å². The van der Waals surface area contributed by atoms with Gasteiger partial charge in [-0.05, 0) is 43.9 Å². The largest absolute Gasteiger partial charge is 0.396 e. The minimum absolute atomic E-state index is 0.105. The van der Waals surface area contributed by atoms with Crippen LogP contribution in [0.1, 0.15) is 45.4 Å². The Bertz CT molecular complexity index is 246. The van der Waals surface area contributed by atoms with Gasteiger partial charge in [-0.25, -0.2) is 0 Å². The summed E-state index contributed by atoms with van der Waals surface area (Å²) in [6.45, 7) is 2.42. The van der Waals surface area contributed by atoms with Gasteiger partial charge in [0, 0.05) is 18.6 Å². The molecule has 3 heteroatoms. The highest BCUT2D eigenvalue weighted by molar-refractivity contribution is 5.81. The van der Waals surface area contributed by atoms with Crippen molar-refractivity contribution in [3.8, 4) is 0 Å². The Morgan fingerprint density at radius 1 is 1.31 bits per heavy atom. The van der Waals surface area contributed by atoms with E-state index in [4.69, 9.17) is 5.11 Å². The van der Waals surface area contributed by atoms with Gasteiger partial charge in [-0.1, -0.05) is 13.3 Å². The molecule has 0 saturated heterocycles. The van der Waals surface area contributed by atoms with Gasteiger partial charge in [-0.2, -0.15) is 0 Å². The minimum Gasteiger partial charge on any atom is -0.396 e. The lowest BCUT2D eigenvalue weighted by Crippen LogP contribution is -2.38. The standard InChI is InChI=1S/C13H23NO2/c1-2-9-3-5-11(6-4-9)14-13(16)12-7-10(12)8-15/h9-12,15H,2-8H2,1H3,(H,14,16). The zero-order chi connectivity index (χ0) is 11.5. The lowest BCUT2D eigenvalue weighted by Gasteiger charge is -2.28. The molecule has 0 aromatic heterocycles. The van der Waals surface area contributed by atoms with Crippen LogP contribution in [0, 0.1) is 17.8 Å².